The molecule has 0 rings (SSSR count). The molecule has 8 heteroatoms. The van der Waals surface area contributed by atoms with E-state index < -0.39 is 36.7 Å². The first-order chi connectivity index (χ1) is 7.39. The molecule has 1 N–H and O–H groups in total. The van der Waals surface area contributed by atoms with Gasteiger partial charge in [-0.2, -0.15) is 0 Å². The Bertz CT molecular complexity index is 284. The fourth-order valence-electron chi connectivity index (χ4n) is 1.70. The van der Waals surface area contributed by atoms with E-state index in [1.54, 1.807) is 6.55 Å². The van der Waals surface area contributed by atoms with Gasteiger partial charge in [-0.1, -0.05) is 44.6 Å². The molecule has 0 amide bonds. The van der Waals surface area contributed by atoms with Gasteiger partial charge in [0.2, 0.25) is 0 Å². The van der Waals surface area contributed by atoms with Crippen molar-refractivity contribution in [1.82, 2.24) is 0 Å². The van der Waals surface area contributed by atoms with Crippen LogP contribution in [0.5, 0.6) is 0 Å². The Balaban J connectivity index is -0.0000000853. The van der Waals surface area contributed by atoms with Gasteiger partial charge in [-0.25, -0.2) is 0 Å². The Morgan fingerprint density at radius 1 is 0.957 bits per heavy atom. The Hall–Kier alpha value is 0.327. The SMILES string of the molecule is C.C.C.C.C.C.CO[Si](C)(CC(=O)O)O[Si](C)(C)[O][Ge]([CH3])([CH3])[CH3]. The topological polar surface area (TPSA) is 65.0 Å². The van der Waals surface area contributed by atoms with Crippen molar-refractivity contribution in [3.05, 3.63) is 0 Å². The third-order valence-corrected chi connectivity index (χ3v) is 15.5. The molecule has 0 spiro atoms. The van der Waals surface area contributed by atoms with Crippen LogP contribution < -0.4 is 0 Å². The number of carbonyl (C=O) groups is 1. The molecule has 0 saturated heterocycles. The van der Waals surface area contributed by atoms with Gasteiger partial charge < -0.3 is 0 Å². The summed E-state index contributed by atoms with van der Waals surface area (Å²) in [6, 6.07) is -0.0551. The number of hydrogen-bond acceptors (Lipinski definition) is 4. The summed E-state index contributed by atoms with van der Waals surface area (Å²) in [4.78, 5) is 10.8. The minimum atomic E-state index is -2.65. The molecule has 0 fully saturated rings. The zero-order chi connectivity index (χ0) is 13.9. The van der Waals surface area contributed by atoms with Crippen molar-refractivity contribution in [1.29, 1.82) is 0 Å². The van der Waals surface area contributed by atoms with Crippen LogP contribution in [0.2, 0.25) is 43.0 Å². The molecule has 23 heavy (non-hydrogen) atoms. The van der Waals surface area contributed by atoms with Crippen LogP contribution in [-0.4, -0.2) is 48.9 Å². The van der Waals surface area contributed by atoms with Gasteiger partial charge in [0.05, 0.1) is 0 Å². The van der Waals surface area contributed by atoms with Gasteiger partial charge in [-0.3, -0.25) is 0 Å². The van der Waals surface area contributed by atoms with Gasteiger partial charge in [0.15, 0.2) is 0 Å². The molecule has 1 atom stereocenters. The van der Waals surface area contributed by atoms with E-state index in [0.29, 0.717) is 0 Å². The van der Waals surface area contributed by atoms with Gasteiger partial charge >= 0.3 is 109 Å². The van der Waals surface area contributed by atoms with Crippen LogP contribution in [0, 0.1) is 0 Å². The molecular weight excluding hydrogens is 389 g/mol. The summed E-state index contributed by atoms with van der Waals surface area (Å²) in [7, 11) is -3.45. The zero-order valence-corrected chi connectivity index (χ0v) is 15.9. The first-order valence-corrected chi connectivity index (χ1v) is 18.1. The predicted octanol–water partition coefficient (Wildman–Crippen LogP) is 6.18. The maximum absolute atomic E-state index is 10.8. The van der Waals surface area contributed by atoms with Crippen LogP contribution in [-0.2, 0) is 16.8 Å². The number of rotatable bonds is 7. The van der Waals surface area contributed by atoms with E-state index in [4.69, 9.17) is 17.1 Å². The summed E-state index contributed by atoms with van der Waals surface area (Å²) in [5.74, 6) is 5.53. The van der Waals surface area contributed by atoms with Gasteiger partial charge in [0.1, 0.15) is 0 Å². The number of aliphatic carboxylic acids is 1. The van der Waals surface area contributed by atoms with E-state index >= 15 is 0 Å². The quantitative estimate of drug-likeness (QED) is 0.482. The monoisotopic (exact) mass is 438 g/mol. The predicted molar refractivity (Wildman–Crippen MR) is 114 cm³/mol. The summed E-state index contributed by atoms with van der Waals surface area (Å²) in [6.45, 7) is 5.68. The second-order valence-corrected chi connectivity index (χ2v) is 22.6. The van der Waals surface area contributed by atoms with Crippen LogP contribution in [0.25, 0.3) is 0 Å². The summed E-state index contributed by atoms with van der Waals surface area (Å²) in [6.07, 6.45) is 0. The molecule has 0 radical (unpaired) electrons. The average molecular weight is 437 g/mol. The zero-order valence-electron chi connectivity index (χ0n) is 11.8. The molecule has 0 aliphatic carbocycles. The van der Waals surface area contributed by atoms with Crippen molar-refractivity contribution < 1.29 is 21.9 Å². The van der Waals surface area contributed by atoms with E-state index in [1.165, 1.54) is 7.11 Å². The van der Waals surface area contributed by atoms with Crippen molar-refractivity contribution in [3.8, 4) is 0 Å². The van der Waals surface area contributed by atoms with Crippen LogP contribution in [0.1, 0.15) is 44.6 Å². The Labute approximate surface area is 153 Å². The molecule has 150 valence electrons. The molecule has 0 aliphatic heterocycles. The van der Waals surface area contributed by atoms with Crippen molar-refractivity contribution in [2.75, 3.05) is 7.11 Å². The molecule has 0 heterocycles. The van der Waals surface area contributed by atoms with Gasteiger partial charge in [0, 0.05) is 0 Å². The maximum atomic E-state index is 10.8. The Morgan fingerprint density at radius 2 is 1.30 bits per heavy atom. The van der Waals surface area contributed by atoms with Crippen LogP contribution in [0.4, 0.5) is 0 Å². The molecule has 0 saturated carbocycles. The summed E-state index contributed by atoms with van der Waals surface area (Å²) in [5.41, 5.74) is 0. The van der Waals surface area contributed by atoms with E-state index in [-0.39, 0.29) is 50.6 Å². The van der Waals surface area contributed by atoms with E-state index in [2.05, 4.69) is 17.3 Å². The van der Waals surface area contributed by atoms with Crippen LogP contribution in [0.15, 0.2) is 0 Å². The van der Waals surface area contributed by atoms with Crippen molar-refractivity contribution >= 4 is 36.7 Å². The second-order valence-electron chi connectivity index (χ2n) is 5.62. The summed E-state index contributed by atoms with van der Waals surface area (Å²) >= 11 is -2.17. The van der Waals surface area contributed by atoms with Gasteiger partial charge in [-0.15, -0.1) is 0 Å². The molecule has 0 aromatic carbocycles. The molecule has 1 unspecified atom stereocenters. The molecular formula is C15H48GeO5Si2. The summed E-state index contributed by atoms with van der Waals surface area (Å²) in [5, 5.41) is 8.87. The fourth-order valence-corrected chi connectivity index (χ4v) is 18.9. The Kier molecular flexibility index (Phi) is 30.0. The van der Waals surface area contributed by atoms with E-state index in [1.807, 2.05) is 13.1 Å². The van der Waals surface area contributed by atoms with Crippen LogP contribution in [0.3, 0.4) is 0 Å². The first-order valence-electron chi connectivity index (χ1n) is 5.56. The first kappa shape index (κ1) is 43.6. The van der Waals surface area contributed by atoms with Crippen LogP contribution >= 0.6 is 0 Å². The number of hydrogen-bond donors (Lipinski definition) is 1. The molecule has 0 aromatic rings. The van der Waals surface area contributed by atoms with E-state index in [0.717, 1.165) is 0 Å². The summed E-state index contributed by atoms with van der Waals surface area (Å²) < 4.78 is 17.3. The van der Waals surface area contributed by atoms with Crippen molar-refractivity contribution in [2.24, 2.45) is 0 Å². The Morgan fingerprint density at radius 3 is 1.52 bits per heavy atom. The fraction of sp³-hybridized carbons (Fsp3) is 0.933. The average Bonchev–Trinajstić information content (AvgIpc) is 1.95. The molecule has 0 aliphatic rings. The molecule has 0 aromatic heterocycles. The number of carboxylic acids is 1. The van der Waals surface area contributed by atoms with Crippen molar-refractivity contribution in [3.63, 3.8) is 0 Å². The normalized spacial score (nSPS) is 12.3. The molecule has 5 nitrogen and oxygen atoms in total. The number of carboxylic acid groups (broad SMARTS) is 1. The van der Waals surface area contributed by atoms with Crippen molar-refractivity contribution in [2.45, 2.75) is 87.5 Å². The third kappa shape index (κ3) is 22.3. The third-order valence-electron chi connectivity index (χ3n) is 1.92. The molecule has 0 bridgehead atoms. The van der Waals surface area contributed by atoms with E-state index in [9.17, 15) is 4.79 Å². The second kappa shape index (κ2) is 15.8. The standard InChI is InChI=1S/C9H24GeO5Si2.6CH4/c1-10(2,3)14-16(5,6)15-17(7,13-4)8-9(11)12;;;;;;/h8H2,1-7H3,(H,11,12);6*1H4. The van der Waals surface area contributed by atoms with Gasteiger partial charge in [0.25, 0.3) is 0 Å². The van der Waals surface area contributed by atoms with Gasteiger partial charge in [-0.05, 0) is 0 Å². The minimum absolute atomic E-state index is 0.